The third-order valence-corrected chi connectivity index (χ3v) is 6.85. The highest BCUT2D eigenvalue weighted by molar-refractivity contribution is 6.00. The Labute approximate surface area is 185 Å². The van der Waals surface area contributed by atoms with E-state index < -0.39 is 0 Å². The lowest BCUT2D eigenvalue weighted by atomic mass is 9.96. The molecule has 1 aliphatic carbocycles. The van der Waals surface area contributed by atoms with Gasteiger partial charge in [-0.25, -0.2) is 9.97 Å². The van der Waals surface area contributed by atoms with Gasteiger partial charge in [-0.1, -0.05) is 30.3 Å². The Kier molecular flexibility index (Phi) is 4.41. The minimum Gasteiger partial charge on any atom is -0.424 e. The molecule has 1 amide bonds. The molecule has 2 aliphatic rings. The summed E-state index contributed by atoms with van der Waals surface area (Å²) in [6.07, 6.45) is 5.38. The van der Waals surface area contributed by atoms with Crippen molar-refractivity contribution in [3.05, 3.63) is 72.6 Å². The Morgan fingerprint density at radius 3 is 2.62 bits per heavy atom. The number of carbonyl (C=O) groups excluding carboxylic acids is 1. The van der Waals surface area contributed by atoms with Crippen LogP contribution in [0.3, 0.4) is 0 Å². The molecule has 2 fully saturated rings. The van der Waals surface area contributed by atoms with E-state index in [-0.39, 0.29) is 24.0 Å². The molecule has 1 saturated carbocycles. The second-order valence-corrected chi connectivity index (χ2v) is 8.61. The number of benzene rings is 2. The number of amides is 1. The minimum atomic E-state index is 0.0251. The van der Waals surface area contributed by atoms with E-state index in [2.05, 4.69) is 27.2 Å². The molecule has 160 valence electrons. The van der Waals surface area contributed by atoms with E-state index in [0.717, 1.165) is 29.5 Å². The maximum absolute atomic E-state index is 13.8. The molecule has 0 unspecified atom stereocenters. The summed E-state index contributed by atoms with van der Waals surface area (Å²) < 4.78 is 5.88. The Morgan fingerprint density at radius 1 is 1.03 bits per heavy atom. The predicted octanol–water partition coefficient (Wildman–Crippen LogP) is 4.39. The number of nitrogens with zero attached hydrogens (tertiary/aromatic N) is 4. The molecule has 1 aliphatic heterocycles. The molecule has 7 nitrogen and oxygen atoms in total. The van der Waals surface area contributed by atoms with Crippen molar-refractivity contribution >= 4 is 23.0 Å². The SMILES string of the molecule is C[C@@H]1[C@H]2C[C@@H](Nc3nc4ccccc4o3)[C@H](C2)N1C(=O)c1ccccc1-c1ncccn1. The van der Waals surface area contributed by atoms with E-state index in [1.807, 2.05) is 53.4 Å². The summed E-state index contributed by atoms with van der Waals surface area (Å²) in [6.45, 7) is 2.15. The number of nitrogens with one attached hydrogen (secondary N) is 1. The van der Waals surface area contributed by atoms with E-state index in [1.54, 1.807) is 18.5 Å². The topological polar surface area (TPSA) is 84.2 Å². The van der Waals surface area contributed by atoms with Crippen LogP contribution in [0, 0.1) is 5.92 Å². The summed E-state index contributed by atoms with van der Waals surface area (Å²) >= 11 is 0. The zero-order valence-corrected chi connectivity index (χ0v) is 17.7. The second kappa shape index (κ2) is 7.44. The highest BCUT2D eigenvalue weighted by Gasteiger charge is 2.52. The Bertz CT molecular complexity index is 1250. The van der Waals surface area contributed by atoms with Gasteiger partial charge in [-0.3, -0.25) is 4.79 Å². The van der Waals surface area contributed by atoms with Gasteiger partial charge in [0.15, 0.2) is 11.4 Å². The van der Waals surface area contributed by atoms with E-state index in [4.69, 9.17) is 4.42 Å². The summed E-state index contributed by atoms with van der Waals surface area (Å²) in [5.41, 5.74) is 2.99. The molecule has 2 aromatic carbocycles. The highest BCUT2D eigenvalue weighted by atomic mass is 16.4. The molecule has 3 heterocycles. The van der Waals surface area contributed by atoms with Crippen LogP contribution in [0.1, 0.15) is 30.1 Å². The van der Waals surface area contributed by atoms with Crippen LogP contribution in [0.15, 0.2) is 71.4 Å². The third-order valence-electron chi connectivity index (χ3n) is 6.85. The van der Waals surface area contributed by atoms with Gasteiger partial charge in [-0.05, 0) is 49.9 Å². The average Bonchev–Trinajstić information content (AvgIpc) is 3.52. The number of piperidine rings is 1. The molecule has 4 atom stereocenters. The first-order valence-corrected chi connectivity index (χ1v) is 11.0. The molecule has 0 spiro atoms. The van der Waals surface area contributed by atoms with Gasteiger partial charge in [0.2, 0.25) is 0 Å². The molecule has 1 saturated heterocycles. The van der Waals surface area contributed by atoms with E-state index in [0.29, 0.717) is 23.3 Å². The number of aromatic nitrogens is 3. The molecule has 6 rings (SSSR count). The van der Waals surface area contributed by atoms with Gasteiger partial charge in [0.25, 0.3) is 11.9 Å². The first kappa shape index (κ1) is 19.0. The Morgan fingerprint density at radius 2 is 1.81 bits per heavy atom. The van der Waals surface area contributed by atoms with Crippen LogP contribution in [0.25, 0.3) is 22.5 Å². The maximum Gasteiger partial charge on any atom is 0.295 e. The lowest BCUT2D eigenvalue weighted by molar-refractivity contribution is 0.0598. The van der Waals surface area contributed by atoms with Gasteiger partial charge in [0.1, 0.15) is 5.52 Å². The highest BCUT2D eigenvalue weighted by Crippen LogP contribution is 2.44. The zero-order valence-electron chi connectivity index (χ0n) is 17.7. The molecule has 2 aromatic heterocycles. The van der Waals surface area contributed by atoms with Crippen LogP contribution >= 0.6 is 0 Å². The number of likely N-dealkylation sites (tertiary alicyclic amines) is 1. The summed E-state index contributed by atoms with van der Waals surface area (Å²) in [7, 11) is 0. The summed E-state index contributed by atoms with van der Waals surface area (Å²) in [4.78, 5) is 29.1. The first-order valence-electron chi connectivity index (χ1n) is 11.0. The zero-order chi connectivity index (χ0) is 21.7. The number of fused-ring (bicyclic) bond motifs is 3. The van der Waals surface area contributed by atoms with Gasteiger partial charge in [-0.2, -0.15) is 4.98 Å². The van der Waals surface area contributed by atoms with Crippen molar-refractivity contribution in [1.82, 2.24) is 19.9 Å². The van der Waals surface area contributed by atoms with Crippen molar-refractivity contribution in [2.24, 2.45) is 5.92 Å². The number of anilines is 1. The lowest BCUT2D eigenvalue weighted by Gasteiger charge is -2.38. The van der Waals surface area contributed by atoms with Crippen LogP contribution in [0.4, 0.5) is 6.01 Å². The molecule has 1 N–H and O–H groups in total. The molecule has 4 aromatic rings. The van der Waals surface area contributed by atoms with Gasteiger partial charge in [0, 0.05) is 24.0 Å². The van der Waals surface area contributed by atoms with Crippen LogP contribution < -0.4 is 5.32 Å². The van der Waals surface area contributed by atoms with E-state index in [1.165, 1.54) is 0 Å². The second-order valence-electron chi connectivity index (χ2n) is 8.61. The number of rotatable bonds is 4. The van der Waals surface area contributed by atoms with Crippen molar-refractivity contribution in [3.63, 3.8) is 0 Å². The van der Waals surface area contributed by atoms with Crippen molar-refractivity contribution in [2.75, 3.05) is 5.32 Å². The number of hydrogen-bond donors (Lipinski definition) is 1. The monoisotopic (exact) mass is 425 g/mol. The fourth-order valence-electron chi connectivity index (χ4n) is 5.31. The number of oxazole rings is 1. The first-order chi connectivity index (χ1) is 15.7. The maximum atomic E-state index is 13.8. The van der Waals surface area contributed by atoms with Crippen LogP contribution in [-0.4, -0.2) is 43.9 Å². The quantitative estimate of drug-likeness (QED) is 0.522. The molecular weight excluding hydrogens is 402 g/mol. The third kappa shape index (κ3) is 3.04. The Hall–Kier alpha value is -3.74. The van der Waals surface area contributed by atoms with E-state index in [9.17, 15) is 4.79 Å². The molecular formula is C25H23N5O2. The summed E-state index contributed by atoms with van der Waals surface area (Å²) in [5, 5.41) is 3.47. The normalized spacial score (nSPS) is 24.2. The largest absolute Gasteiger partial charge is 0.424 e. The van der Waals surface area contributed by atoms with Crippen molar-refractivity contribution in [1.29, 1.82) is 0 Å². The summed E-state index contributed by atoms with van der Waals surface area (Å²) in [5.74, 6) is 1.04. The van der Waals surface area contributed by atoms with Gasteiger partial charge < -0.3 is 14.6 Å². The Balaban J connectivity index is 1.29. The van der Waals surface area contributed by atoms with Crippen LogP contribution in [0.2, 0.25) is 0 Å². The number of hydrogen-bond acceptors (Lipinski definition) is 6. The smallest absolute Gasteiger partial charge is 0.295 e. The van der Waals surface area contributed by atoms with Crippen LogP contribution in [-0.2, 0) is 0 Å². The molecule has 7 heteroatoms. The fraction of sp³-hybridized carbons (Fsp3) is 0.280. The average molecular weight is 425 g/mol. The summed E-state index contributed by atoms with van der Waals surface area (Å²) in [6, 6.07) is 18.0. The lowest BCUT2D eigenvalue weighted by Crippen LogP contribution is -2.51. The van der Waals surface area contributed by atoms with Crippen molar-refractivity contribution in [3.8, 4) is 11.4 Å². The molecule has 32 heavy (non-hydrogen) atoms. The van der Waals surface area contributed by atoms with E-state index >= 15 is 0 Å². The van der Waals surface area contributed by atoms with Gasteiger partial charge in [0.05, 0.1) is 17.6 Å². The van der Waals surface area contributed by atoms with Gasteiger partial charge >= 0.3 is 0 Å². The van der Waals surface area contributed by atoms with Gasteiger partial charge in [-0.15, -0.1) is 0 Å². The standard InChI is InChI=1S/C25H23N5O2/c1-15-16-13-20(29-25-28-19-9-4-5-10-22(19)32-25)21(14-16)30(15)24(31)18-8-3-2-7-17(18)23-26-11-6-12-27-23/h2-12,15-16,20-21H,13-14H2,1H3,(H,28,29)/t15-,16+,20-,21+/m1/s1. The van der Waals surface area contributed by atoms with Crippen molar-refractivity contribution < 1.29 is 9.21 Å². The van der Waals surface area contributed by atoms with Crippen LogP contribution in [0.5, 0.6) is 0 Å². The molecule has 2 bridgehead atoms. The molecule has 0 radical (unpaired) electrons. The number of para-hydroxylation sites is 2. The van der Waals surface area contributed by atoms with Crippen molar-refractivity contribution in [2.45, 2.75) is 37.9 Å². The fourth-order valence-corrected chi connectivity index (χ4v) is 5.31. The number of carbonyl (C=O) groups is 1. The predicted molar refractivity (Wildman–Crippen MR) is 121 cm³/mol. The minimum absolute atomic E-state index is 0.0251.